The van der Waals surface area contributed by atoms with Crippen LogP contribution in [0.4, 0.5) is 5.82 Å². The first-order valence-corrected chi connectivity index (χ1v) is 9.02. The number of piperidine rings is 1. The van der Waals surface area contributed by atoms with Crippen molar-refractivity contribution in [1.82, 2.24) is 15.0 Å². The SMILES string of the molecule is Cc1nc(N2CCC[C@H](C(=O)c3ccccn3)C2)c2sccc2n1. The maximum atomic E-state index is 12.7. The highest BCUT2D eigenvalue weighted by molar-refractivity contribution is 7.17. The van der Waals surface area contributed by atoms with Gasteiger partial charge in [-0.05, 0) is 43.3 Å². The molecule has 0 N–H and O–H groups in total. The fourth-order valence-electron chi connectivity index (χ4n) is 3.28. The van der Waals surface area contributed by atoms with Crippen molar-refractivity contribution in [2.24, 2.45) is 5.92 Å². The Morgan fingerprint density at radius 3 is 3.04 bits per heavy atom. The Morgan fingerprint density at radius 2 is 2.21 bits per heavy atom. The lowest BCUT2D eigenvalue weighted by Crippen LogP contribution is -2.39. The molecule has 0 saturated carbocycles. The molecule has 1 atom stereocenters. The molecule has 122 valence electrons. The third kappa shape index (κ3) is 2.78. The van der Waals surface area contributed by atoms with Crippen LogP contribution in [-0.2, 0) is 0 Å². The van der Waals surface area contributed by atoms with Gasteiger partial charge in [-0.1, -0.05) is 6.07 Å². The van der Waals surface area contributed by atoms with E-state index >= 15 is 0 Å². The molecule has 1 fully saturated rings. The Balaban J connectivity index is 1.63. The Hall–Kier alpha value is -2.34. The van der Waals surface area contributed by atoms with Crippen molar-refractivity contribution in [2.45, 2.75) is 19.8 Å². The third-order valence-corrected chi connectivity index (χ3v) is 5.31. The third-order valence-electron chi connectivity index (χ3n) is 4.41. The topological polar surface area (TPSA) is 59.0 Å². The summed E-state index contributed by atoms with van der Waals surface area (Å²) in [6.45, 7) is 3.54. The highest BCUT2D eigenvalue weighted by Crippen LogP contribution is 2.32. The van der Waals surface area contributed by atoms with Gasteiger partial charge in [0.25, 0.3) is 0 Å². The van der Waals surface area contributed by atoms with Crippen molar-refractivity contribution < 1.29 is 4.79 Å². The molecule has 1 aliphatic rings. The van der Waals surface area contributed by atoms with Crippen LogP contribution >= 0.6 is 11.3 Å². The average molecular weight is 338 g/mol. The van der Waals surface area contributed by atoms with Gasteiger partial charge in [0.15, 0.2) is 5.78 Å². The number of anilines is 1. The summed E-state index contributed by atoms with van der Waals surface area (Å²) in [6.07, 6.45) is 3.57. The van der Waals surface area contributed by atoms with E-state index in [1.54, 1.807) is 23.6 Å². The molecule has 24 heavy (non-hydrogen) atoms. The van der Waals surface area contributed by atoms with Crippen LogP contribution in [0.1, 0.15) is 29.2 Å². The Morgan fingerprint density at radius 1 is 1.29 bits per heavy atom. The summed E-state index contributed by atoms with van der Waals surface area (Å²) >= 11 is 1.66. The van der Waals surface area contributed by atoms with Gasteiger partial charge in [0.05, 0.1) is 10.2 Å². The maximum absolute atomic E-state index is 12.7. The molecule has 3 aromatic heterocycles. The van der Waals surface area contributed by atoms with Gasteiger partial charge in [-0.25, -0.2) is 9.97 Å². The summed E-state index contributed by atoms with van der Waals surface area (Å²) in [6, 6.07) is 7.52. The number of hydrogen-bond donors (Lipinski definition) is 0. The molecule has 4 rings (SSSR count). The molecular formula is C18H18N4OS. The summed E-state index contributed by atoms with van der Waals surface area (Å²) in [4.78, 5) is 28.3. The number of carbonyl (C=O) groups is 1. The number of Topliss-reactive ketones (excluding diaryl/α,β-unsaturated/α-hetero) is 1. The number of aryl methyl sites for hydroxylation is 1. The number of carbonyl (C=O) groups excluding carboxylic acids is 1. The van der Waals surface area contributed by atoms with E-state index in [9.17, 15) is 4.79 Å². The van der Waals surface area contributed by atoms with Crippen LogP contribution in [0.3, 0.4) is 0 Å². The highest BCUT2D eigenvalue weighted by atomic mass is 32.1. The molecule has 1 aliphatic heterocycles. The van der Waals surface area contributed by atoms with Gasteiger partial charge < -0.3 is 4.90 Å². The first kappa shape index (κ1) is 15.2. The number of aromatic nitrogens is 3. The second-order valence-corrected chi connectivity index (χ2v) is 7.01. The van der Waals surface area contributed by atoms with Gasteiger partial charge in [-0.15, -0.1) is 11.3 Å². The Bertz CT molecular complexity index is 877. The number of fused-ring (bicyclic) bond motifs is 1. The number of rotatable bonds is 3. The lowest BCUT2D eigenvalue weighted by Gasteiger charge is -2.33. The molecule has 0 unspecified atom stereocenters. The molecule has 0 amide bonds. The standard InChI is InChI=1S/C18H18N4OS/c1-12-20-15-7-10-24-17(15)18(21-12)22-9-4-5-13(11-22)16(23)14-6-2-3-8-19-14/h2-3,6-8,10,13H,4-5,9,11H2,1H3/t13-/m0/s1. The van der Waals surface area contributed by atoms with Gasteiger partial charge in [0.2, 0.25) is 0 Å². The van der Waals surface area contributed by atoms with Crippen LogP contribution in [0.25, 0.3) is 10.2 Å². The quantitative estimate of drug-likeness (QED) is 0.684. The number of ketones is 1. The van der Waals surface area contributed by atoms with Crippen molar-refractivity contribution in [3.8, 4) is 0 Å². The Labute approximate surface area is 144 Å². The van der Waals surface area contributed by atoms with Crippen molar-refractivity contribution >= 4 is 33.2 Å². The molecular weight excluding hydrogens is 320 g/mol. The predicted octanol–water partition coefficient (Wildman–Crippen LogP) is 3.49. The molecule has 0 bridgehead atoms. The second kappa shape index (κ2) is 6.28. The monoisotopic (exact) mass is 338 g/mol. The molecule has 6 heteroatoms. The summed E-state index contributed by atoms with van der Waals surface area (Å²) < 4.78 is 1.10. The Kier molecular flexibility index (Phi) is 3.98. The molecule has 0 spiro atoms. The average Bonchev–Trinajstić information content (AvgIpc) is 3.09. The van der Waals surface area contributed by atoms with E-state index < -0.39 is 0 Å². The van der Waals surface area contributed by atoms with Crippen molar-refractivity contribution in [1.29, 1.82) is 0 Å². The zero-order valence-corrected chi connectivity index (χ0v) is 14.3. The van der Waals surface area contributed by atoms with E-state index in [1.165, 1.54) is 0 Å². The van der Waals surface area contributed by atoms with Crippen LogP contribution < -0.4 is 4.90 Å². The normalized spacial score (nSPS) is 18.0. The minimum absolute atomic E-state index is 0.0288. The summed E-state index contributed by atoms with van der Waals surface area (Å²) in [5.74, 6) is 1.84. The van der Waals surface area contributed by atoms with E-state index in [1.807, 2.05) is 30.5 Å². The number of thiophene rings is 1. The lowest BCUT2D eigenvalue weighted by atomic mass is 9.92. The van der Waals surface area contributed by atoms with E-state index in [-0.39, 0.29) is 11.7 Å². The van der Waals surface area contributed by atoms with Gasteiger partial charge in [0.1, 0.15) is 17.3 Å². The maximum Gasteiger partial charge on any atom is 0.185 e. The molecule has 4 heterocycles. The first-order chi connectivity index (χ1) is 11.7. The predicted molar refractivity (Wildman–Crippen MR) is 95.7 cm³/mol. The highest BCUT2D eigenvalue weighted by Gasteiger charge is 2.29. The lowest BCUT2D eigenvalue weighted by molar-refractivity contribution is 0.0902. The van der Waals surface area contributed by atoms with Crippen LogP contribution in [0, 0.1) is 12.8 Å². The summed E-state index contributed by atoms with van der Waals surface area (Å²) in [5.41, 5.74) is 1.55. The molecule has 3 aromatic rings. The molecule has 5 nitrogen and oxygen atoms in total. The van der Waals surface area contributed by atoms with Crippen LogP contribution in [0.5, 0.6) is 0 Å². The zero-order valence-electron chi connectivity index (χ0n) is 13.5. The second-order valence-electron chi connectivity index (χ2n) is 6.09. The fraction of sp³-hybridized carbons (Fsp3) is 0.333. The molecule has 0 aliphatic carbocycles. The van der Waals surface area contributed by atoms with Crippen molar-refractivity contribution in [2.75, 3.05) is 18.0 Å². The van der Waals surface area contributed by atoms with Crippen molar-refractivity contribution in [3.05, 3.63) is 47.4 Å². The van der Waals surface area contributed by atoms with Crippen LogP contribution in [0.2, 0.25) is 0 Å². The summed E-state index contributed by atoms with van der Waals surface area (Å²) in [7, 11) is 0. The van der Waals surface area contributed by atoms with E-state index in [2.05, 4.69) is 19.9 Å². The van der Waals surface area contributed by atoms with Gasteiger partial charge in [-0.2, -0.15) is 0 Å². The minimum Gasteiger partial charge on any atom is -0.355 e. The van der Waals surface area contributed by atoms with Gasteiger partial charge in [-0.3, -0.25) is 9.78 Å². The zero-order chi connectivity index (χ0) is 16.5. The van der Waals surface area contributed by atoms with Crippen LogP contribution in [0.15, 0.2) is 35.8 Å². The van der Waals surface area contributed by atoms with Gasteiger partial charge >= 0.3 is 0 Å². The number of hydrogen-bond acceptors (Lipinski definition) is 6. The first-order valence-electron chi connectivity index (χ1n) is 8.14. The number of pyridine rings is 1. The van der Waals surface area contributed by atoms with Gasteiger partial charge in [0, 0.05) is 25.2 Å². The van der Waals surface area contributed by atoms with E-state index in [0.717, 1.165) is 41.2 Å². The molecule has 1 saturated heterocycles. The largest absolute Gasteiger partial charge is 0.355 e. The minimum atomic E-state index is -0.0288. The van der Waals surface area contributed by atoms with Crippen molar-refractivity contribution in [3.63, 3.8) is 0 Å². The smallest absolute Gasteiger partial charge is 0.185 e. The van der Waals surface area contributed by atoms with E-state index in [0.29, 0.717) is 12.2 Å². The fourth-order valence-corrected chi connectivity index (χ4v) is 4.12. The van der Waals surface area contributed by atoms with E-state index in [4.69, 9.17) is 0 Å². The summed E-state index contributed by atoms with van der Waals surface area (Å²) in [5, 5.41) is 2.04. The number of nitrogens with zero attached hydrogens (tertiary/aromatic N) is 4. The molecule has 0 radical (unpaired) electrons. The molecule has 0 aromatic carbocycles. The van der Waals surface area contributed by atoms with Crippen LogP contribution in [-0.4, -0.2) is 33.8 Å².